The van der Waals surface area contributed by atoms with Gasteiger partial charge in [-0.05, 0) is 51.2 Å². The van der Waals surface area contributed by atoms with Crippen LogP contribution in [0.25, 0.3) is 0 Å². The van der Waals surface area contributed by atoms with Crippen molar-refractivity contribution in [3.8, 4) is 0 Å². The molecule has 0 aromatic heterocycles. The monoisotopic (exact) mass is 280 g/mol. The van der Waals surface area contributed by atoms with E-state index in [1.165, 1.54) is 84.1 Å². The summed E-state index contributed by atoms with van der Waals surface area (Å²) in [6.07, 6.45) is 11.3. The molecule has 0 spiro atoms. The van der Waals surface area contributed by atoms with Gasteiger partial charge in [0, 0.05) is 32.3 Å². The molecule has 2 heterocycles. The third-order valence-corrected chi connectivity index (χ3v) is 5.66. The fraction of sp³-hybridized carbons (Fsp3) is 1.00. The summed E-state index contributed by atoms with van der Waals surface area (Å²) in [5, 5.41) is 0. The molecule has 116 valence electrons. The Hall–Kier alpha value is -0.120. The highest BCUT2D eigenvalue weighted by Gasteiger charge is 2.24. The summed E-state index contributed by atoms with van der Waals surface area (Å²) >= 11 is 0. The van der Waals surface area contributed by atoms with Crippen LogP contribution in [0.3, 0.4) is 0 Å². The zero-order valence-electron chi connectivity index (χ0n) is 13.1. The van der Waals surface area contributed by atoms with Crippen molar-refractivity contribution in [3.63, 3.8) is 0 Å². The van der Waals surface area contributed by atoms with E-state index in [-0.39, 0.29) is 0 Å². The van der Waals surface area contributed by atoms with Crippen LogP contribution >= 0.6 is 0 Å². The summed E-state index contributed by atoms with van der Waals surface area (Å²) in [4.78, 5) is 5.48. The minimum atomic E-state index is 0.804. The zero-order valence-corrected chi connectivity index (χ0v) is 13.1. The fourth-order valence-corrected chi connectivity index (χ4v) is 4.29. The zero-order chi connectivity index (χ0) is 13.6. The summed E-state index contributed by atoms with van der Waals surface area (Å²) in [7, 11) is 0. The minimum absolute atomic E-state index is 0.804. The van der Waals surface area contributed by atoms with E-state index in [1.807, 2.05) is 0 Å². The first kappa shape index (κ1) is 14.8. The standard InChI is InChI=1S/C17H32N2O/c1-2-5-16(4-1)6-11-18-9-3-10-19(13-12-18)17-7-14-20-15-8-17/h16-17H,1-15H2. The number of hydrogen-bond donors (Lipinski definition) is 0. The number of nitrogens with zero attached hydrogens (tertiary/aromatic N) is 2. The van der Waals surface area contributed by atoms with Gasteiger partial charge in [0.25, 0.3) is 0 Å². The molecule has 1 aliphatic carbocycles. The third-order valence-electron chi connectivity index (χ3n) is 5.66. The lowest BCUT2D eigenvalue weighted by Gasteiger charge is -2.33. The first-order chi connectivity index (χ1) is 9.92. The van der Waals surface area contributed by atoms with Crippen LogP contribution in [-0.4, -0.2) is 61.8 Å². The Morgan fingerprint density at radius 2 is 1.60 bits per heavy atom. The molecule has 0 radical (unpaired) electrons. The lowest BCUT2D eigenvalue weighted by Crippen LogP contribution is -2.41. The topological polar surface area (TPSA) is 15.7 Å². The van der Waals surface area contributed by atoms with E-state index in [9.17, 15) is 0 Å². The SMILES string of the molecule is C1CCC(CCN2CCCN(C3CCOCC3)CC2)C1. The summed E-state index contributed by atoms with van der Waals surface area (Å²) in [6.45, 7) is 8.53. The average Bonchev–Trinajstić information content (AvgIpc) is 2.90. The third kappa shape index (κ3) is 4.19. The minimum Gasteiger partial charge on any atom is -0.381 e. The highest BCUT2D eigenvalue weighted by molar-refractivity contribution is 4.79. The van der Waals surface area contributed by atoms with Gasteiger partial charge >= 0.3 is 0 Å². The molecule has 0 unspecified atom stereocenters. The Morgan fingerprint density at radius 1 is 0.800 bits per heavy atom. The van der Waals surface area contributed by atoms with Gasteiger partial charge in [0.05, 0.1) is 0 Å². The van der Waals surface area contributed by atoms with Crippen molar-refractivity contribution in [2.45, 2.75) is 57.4 Å². The molecule has 3 heteroatoms. The van der Waals surface area contributed by atoms with Gasteiger partial charge < -0.3 is 9.64 Å². The van der Waals surface area contributed by atoms with Crippen molar-refractivity contribution in [1.82, 2.24) is 9.80 Å². The van der Waals surface area contributed by atoms with Gasteiger partial charge in [-0.25, -0.2) is 0 Å². The number of ether oxygens (including phenoxy) is 1. The smallest absolute Gasteiger partial charge is 0.0480 e. The Morgan fingerprint density at radius 3 is 2.40 bits per heavy atom. The maximum absolute atomic E-state index is 5.50. The second-order valence-corrected chi connectivity index (χ2v) is 7.01. The molecule has 0 amide bonds. The normalized spacial score (nSPS) is 28.8. The van der Waals surface area contributed by atoms with Crippen LogP contribution in [0.5, 0.6) is 0 Å². The highest BCUT2D eigenvalue weighted by Crippen LogP contribution is 2.27. The van der Waals surface area contributed by atoms with Crippen LogP contribution in [0.15, 0.2) is 0 Å². The van der Waals surface area contributed by atoms with E-state index in [0.29, 0.717) is 0 Å². The van der Waals surface area contributed by atoms with Crippen molar-refractivity contribution >= 4 is 0 Å². The van der Waals surface area contributed by atoms with E-state index >= 15 is 0 Å². The van der Waals surface area contributed by atoms with Gasteiger partial charge in [0.1, 0.15) is 0 Å². The van der Waals surface area contributed by atoms with Crippen molar-refractivity contribution < 1.29 is 4.74 Å². The Kier molecular flexibility index (Phi) is 5.75. The summed E-state index contributed by atoms with van der Waals surface area (Å²) in [5.74, 6) is 1.05. The summed E-state index contributed by atoms with van der Waals surface area (Å²) in [6, 6.07) is 0.804. The summed E-state index contributed by atoms with van der Waals surface area (Å²) < 4.78 is 5.50. The molecule has 0 aromatic rings. The molecule has 20 heavy (non-hydrogen) atoms. The van der Waals surface area contributed by atoms with E-state index in [4.69, 9.17) is 4.74 Å². The molecule has 2 aliphatic heterocycles. The predicted molar refractivity (Wildman–Crippen MR) is 83.0 cm³/mol. The van der Waals surface area contributed by atoms with Gasteiger partial charge in [-0.2, -0.15) is 0 Å². The fourth-order valence-electron chi connectivity index (χ4n) is 4.29. The van der Waals surface area contributed by atoms with E-state index < -0.39 is 0 Å². The number of rotatable bonds is 4. The summed E-state index contributed by atoms with van der Waals surface area (Å²) in [5.41, 5.74) is 0. The van der Waals surface area contributed by atoms with Gasteiger partial charge in [0.2, 0.25) is 0 Å². The Balaban J connectivity index is 1.39. The van der Waals surface area contributed by atoms with E-state index in [0.717, 1.165) is 25.2 Å². The van der Waals surface area contributed by atoms with Gasteiger partial charge in [-0.1, -0.05) is 25.7 Å². The Labute approximate surface area is 124 Å². The molecule has 0 N–H and O–H groups in total. The van der Waals surface area contributed by atoms with Crippen LogP contribution in [0.1, 0.15) is 51.4 Å². The molecular weight excluding hydrogens is 248 g/mol. The van der Waals surface area contributed by atoms with Crippen LogP contribution in [-0.2, 0) is 4.74 Å². The molecule has 3 nitrogen and oxygen atoms in total. The van der Waals surface area contributed by atoms with Gasteiger partial charge in [-0.15, -0.1) is 0 Å². The molecule has 3 aliphatic rings. The molecule has 1 saturated carbocycles. The first-order valence-electron chi connectivity index (χ1n) is 8.96. The van der Waals surface area contributed by atoms with Crippen molar-refractivity contribution in [2.75, 3.05) is 45.9 Å². The molecule has 0 atom stereocenters. The van der Waals surface area contributed by atoms with Crippen molar-refractivity contribution in [2.24, 2.45) is 5.92 Å². The van der Waals surface area contributed by atoms with Gasteiger partial charge in [0.15, 0.2) is 0 Å². The highest BCUT2D eigenvalue weighted by atomic mass is 16.5. The maximum Gasteiger partial charge on any atom is 0.0480 e. The van der Waals surface area contributed by atoms with Gasteiger partial charge in [-0.3, -0.25) is 4.90 Å². The quantitative estimate of drug-likeness (QED) is 0.787. The number of hydrogen-bond acceptors (Lipinski definition) is 3. The predicted octanol–water partition coefficient (Wildman–Crippen LogP) is 2.75. The van der Waals surface area contributed by atoms with Crippen molar-refractivity contribution in [3.05, 3.63) is 0 Å². The molecule has 0 bridgehead atoms. The van der Waals surface area contributed by atoms with Crippen LogP contribution in [0.2, 0.25) is 0 Å². The van der Waals surface area contributed by atoms with Crippen LogP contribution in [0.4, 0.5) is 0 Å². The lowest BCUT2D eigenvalue weighted by molar-refractivity contribution is 0.0353. The molecular formula is C17H32N2O. The largest absolute Gasteiger partial charge is 0.381 e. The Bertz CT molecular complexity index is 272. The second-order valence-electron chi connectivity index (χ2n) is 7.01. The first-order valence-corrected chi connectivity index (χ1v) is 8.96. The van der Waals surface area contributed by atoms with Crippen molar-refractivity contribution in [1.29, 1.82) is 0 Å². The maximum atomic E-state index is 5.50. The van der Waals surface area contributed by atoms with E-state index in [1.54, 1.807) is 0 Å². The van der Waals surface area contributed by atoms with E-state index in [2.05, 4.69) is 9.80 Å². The van der Waals surface area contributed by atoms with Crippen LogP contribution < -0.4 is 0 Å². The lowest BCUT2D eigenvalue weighted by atomic mass is 10.0. The molecule has 3 fully saturated rings. The molecule has 0 aromatic carbocycles. The average molecular weight is 280 g/mol. The second kappa shape index (κ2) is 7.77. The van der Waals surface area contributed by atoms with Crippen LogP contribution in [0, 0.1) is 5.92 Å². The molecule has 2 saturated heterocycles. The molecule has 3 rings (SSSR count).